The summed E-state index contributed by atoms with van der Waals surface area (Å²) in [5.74, 6) is -1.49. The van der Waals surface area contributed by atoms with E-state index in [2.05, 4.69) is 5.43 Å². The maximum atomic E-state index is 12.5. The Morgan fingerprint density at radius 2 is 2.00 bits per heavy atom. The number of para-hydroxylation sites is 1. The molecule has 2 aromatic rings. The van der Waals surface area contributed by atoms with Crippen LogP contribution in [0.2, 0.25) is 0 Å². The highest BCUT2D eigenvalue weighted by Gasteiger charge is 2.34. The fourth-order valence-corrected chi connectivity index (χ4v) is 3.45. The number of nitro groups is 1. The zero-order chi connectivity index (χ0) is 19.6. The maximum absolute atomic E-state index is 12.5. The molecule has 0 atom stereocenters. The summed E-state index contributed by atoms with van der Waals surface area (Å²) in [6.07, 6.45) is 1.46. The van der Waals surface area contributed by atoms with Crippen molar-refractivity contribution in [2.75, 3.05) is 0 Å². The third-order valence-electron chi connectivity index (χ3n) is 3.53. The van der Waals surface area contributed by atoms with Gasteiger partial charge in [-0.05, 0) is 36.0 Å². The van der Waals surface area contributed by atoms with E-state index >= 15 is 0 Å². The number of hydrogen-bond acceptors (Lipinski definition) is 7. The average Bonchev–Trinajstić information content (AvgIpc) is 2.89. The molecular weight excluding hydrogens is 390 g/mol. The first-order chi connectivity index (χ1) is 12.9. The van der Waals surface area contributed by atoms with Crippen molar-refractivity contribution in [1.29, 1.82) is 0 Å². The van der Waals surface area contributed by atoms with E-state index in [1.165, 1.54) is 36.4 Å². The molecule has 3 rings (SSSR count). The lowest BCUT2D eigenvalue weighted by Gasteiger charge is -2.16. The number of nitrogens with one attached hydrogen (secondary N) is 1. The topological polar surface area (TPSA) is 113 Å². The van der Waals surface area contributed by atoms with Crippen LogP contribution in [0.15, 0.2) is 53.4 Å². The zero-order valence-corrected chi connectivity index (χ0v) is 15.1. The van der Waals surface area contributed by atoms with Gasteiger partial charge in [0.25, 0.3) is 17.5 Å². The Balaban J connectivity index is 1.81. The van der Waals surface area contributed by atoms with Crippen LogP contribution in [0.4, 0.5) is 5.69 Å². The van der Waals surface area contributed by atoms with Crippen LogP contribution in [0.25, 0.3) is 6.08 Å². The summed E-state index contributed by atoms with van der Waals surface area (Å²) in [6.45, 7) is 0. The molecule has 0 unspecified atom stereocenters. The normalized spacial score (nSPS) is 15.3. The van der Waals surface area contributed by atoms with Crippen molar-refractivity contribution in [3.63, 3.8) is 0 Å². The lowest BCUT2D eigenvalue weighted by atomic mass is 10.2. The lowest BCUT2D eigenvalue weighted by Crippen LogP contribution is -2.44. The molecule has 0 aliphatic carbocycles. The SMILES string of the molecule is O=C(NN1C(=O)C(=Cc2cccc([N+](=O)[O-])c2)SC1=S)c1ccccc1O. The molecule has 0 radical (unpaired) electrons. The van der Waals surface area contributed by atoms with Gasteiger partial charge in [0.2, 0.25) is 0 Å². The maximum Gasteiger partial charge on any atom is 0.285 e. The summed E-state index contributed by atoms with van der Waals surface area (Å²) >= 11 is 6.08. The van der Waals surface area contributed by atoms with Crippen molar-refractivity contribution in [1.82, 2.24) is 10.4 Å². The van der Waals surface area contributed by atoms with Crippen LogP contribution in [-0.4, -0.2) is 31.2 Å². The van der Waals surface area contributed by atoms with Gasteiger partial charge in [-0.3, -0.25) is 25.1 Å². The number of thioether (sulfide) groups is 1. The summed E-state index contributed by atoms with van der Waals surface area (Å²) in [6, 6.07) is 11.7. The number of benzene rings is 2. The van der Waals surface area contributed by atoms with Gasteiger partial charge in [-0.1, -0.05) is 36.0 Å². The average molecular weight is 401 g/mol. The second-order valence-electron chi connectivity index (χ2n) is 5.33. The van der Waals surface area contributed by atoms with E-state index in [0.717, 1.165) is 16.8 Å². The zero-order valence-electron chi connectivity index (χ0n) is 13.5. The second-order valence-corrected chi connectivity index (χ2v) is 7.00. The third kappa shape index (κ3) is 3.96. The van der Waals surface area contributed by atoms with Crippen molar-refractivity contribution in [2.24, 2.45) is 0 Å². The van der Waals surface area contributed by atoms with Crippen LogP contribution in [0.5, 0.6) is 5.75 Å². The van der Waals surface area contributed by atoms with Gasteiger partial charge in [-0.25, -0.2) is 0 Å². The molecule has 136 valence electrons. The van der Waals surface area contributed by atoms with Crippen molar-refractivity contribution in [3.8, 4) is 5.75 Å². The Hall–Kier alpha value is -3.24. The van der Waals surface area contributed by atoms with Crippen LogP contribution in [0, 0.1) is 10.1 Å². The molecule has 2 aromatic carbocycles. The number of phenolic OH excluding ortho intramolecular Hbond substituents is 1. The number of hydrogen-bond donors (Lipinski definition) is 2. The standard InChI is InChI=1S/C17H11N3O5S2/c21-13-7-2-1-6-12(13)15(22)18-19-16(23)14(27-17(19)26)9-10-4-3-5-11(8-10)20(24)25/h1-9,21H,(H,18,22). The van der Waals surface area contributed by atoms with Gasteiger partial charge >= 0.3 is 0 Å². The Labute approximate surface area is 162 Å². The number of rotatable bonds is 4. The molecule has 1 heterocycles. The lowest BCUT2D eigenvalue weighted by molar-refractivity contribution is -0.384. The number of nitro benzene ring substituents is 1. The predicted molar refractivity (Wildman–Crippen MR) is 104 cm³/mol. The van der Waals surface area contributed by atoms with Crippen molar-refractivity contribution >= 4 is 51.9 Å². The van der Waals surface area contributed by atoms with Gasteiger partial charge < -0.3 is 5.11 Å². The van der Waals surface area contributed by atoms with E-state index < -0.39 is 16.7 Å². The fourth-order valence-electron chi connectivity index (χ4n) is 2.27. The molecule has 0 bridgehead atoms. The van der Waals surface area contributed by atoms with E-state index in [4.69, 9.17) is 12.2 Å². The molecule has 1 aliphatic rings. The minimum atomic E-state index is -0.694. The number of nitrogens with zero attached hydrogens (tertiary/aromatic N) is 2. The summed E-state index contributed by atoms with van der Waals surface area (Å²) in [4.78, 5) is 35.3. The van der Waals surface area contributed by atoms with Gasteiger partial charge in [0.1, 0.15) is 5.75 Å². The third-order valence-corrected chi connectivity index (χ3v) is 4.84. The summed E-state index contributed by atoms with van der Waals surface area (Å²) < 4.78 is 0.0976. The predicted octanol–water partition coefficient (Wildman–Crippen LogP) is 2.85. The molecule has 2 N–H and O–H groups in total. The van der Waals surface area contributed by atoms with Crippen LogP contribution in [-0.2, 0) is 4.79 Å². The van der Waals surface area contributed by atoms with E-state index in [-0.39, 0.29) is 26.2 Å². The number of phenols is 1. The Kier molecular flexibility index (Phi) is 5.19. The molecular formula is C17H11N3O5S2. The van der Waals surface area contributed by atoms with Gasteiger partial charge in [0.15, 0.2) is 4.32 Å². The van der Waals surface area contributed by atoms with Crippen LogP contribution >= 0.6 is 24.0 Å². The van der Waals surface area contributed by atoms with Crippen molar-refractivity contribution in [2.45, 2.75) is 0 Å². The molecule has 0 spiro atoms. The Morgan fingerprint density at radius 3 is 2.70 bits per heavy atom. The molecule has 1 aliphatic heterocycles. The molecule has 2 amide bonds. The monoisotopic (exact) mass is 401 g/mol. The van der Waals surface area contributed by atoms with E-state index in [1.54, 1.807) is 18.2 Å². The molecule has 0 aromatic heterocycles. The number of carbonyl (C=O) groups is 2. The highest BCUT2D eigenvalue weighted by molar-refractivity contribution is 8.26. The van der Waals surface area contributed by atoms with E-state index in [0.29, 0.717) is 5.56 Å². The number of amides is 2. The van der Waals surface area contributed by atoms with Gasteiger partial charge in [-0.15, -0.1) is 0 Å². The van der Waals surface area contributed by atoms with Gasteiger partial charge in [0, 0.05) is 12.1 Å². The number of carbonyl (C=O) groups excluding carboxylic acids is 2. The first-order valence-electron chi connectivity index (χ1n) is 7.48. The minimum Gasteiger partial charge on any atom is -0.507 e. The molecule has 27 heavy (non-hydrogen) atoms. The Morgan fingerprint density at radius 1 is 1.26 bits per heavy atom. The van der Waals surface area contributed by atoms with E-state index in [9.17, 15) is 24.8 Å². The molecule has 10 heteroatoms. The molecule has 0 saturated carbocycles. The van der Waals surface area contributed by atoms with Crippen LogP contribution in [0.3, 0.4) is 0 Å². The van der Waals surface area contributed by atoms with Gasteiger partial charge in [-0.2, -0.15) is 5.01 Å². The second kappa shape index (κ2) is 7.56. The smallest absolute Gasteiger partial charge is 0.285 e. The highest BCUT2D eigenvalue weighted by atomic mass is 32.2. The summed E-state index contributed by atoms with van der Waals surface area (Å²) in [7, 11) is 0. The van der Waals surface area contributed by atoms with Crippen molar-refractivity contribution in [3.05, 3.63) is 74.7 Å². The highest BCUT2D eigenvalue weighted by Crippen LogP contribution is 2.32. The quantitative estimate of drug-likeness (QED) is 0.350. The van der Waals surface area contributed by atoms with Crippen LogP contribution in [0.1, 0.15) is 15.9 Å². The summed E-state index contributed by atoms with van der Waals surface area (Å²) in [5.41, 5.74) is 2.70. The van der Waals surface area contributed by atoms with Crippen molar-refractivity contribution < 1.29 is 19.6 Å². The number of non-ortho nitro benzene ring substituents is 1. The fraction of sp³-hybridized carbons (Fsp3) is 0. The van der Waals surface area contributed by atoms with Crippen LogP contribution < -0.4 is 5.43 Å². The summed E-state index contributed by atoms with van der Waals surface area (Å²) in [5, 5.41) is 21.5. The number of hydrazine groups is 1. The first-order valence-corrected chi connectivity index (χ1v) is 8.70. The first kappa shape index (κ1) is 18.5. The minimum absolute atomic E-state index is 0.00536. The molecule has 1 fully saturated rings. The number of thiocarbonyl (C=S) groups is 1. The molecule has 1 saturated heterocycles. The van der Waals surface area contributed by atoms with E-state index in [1.807, 2.05) is 0 Å². The van der Waals surface area contributed by atoms with Gasteiger partial charge in [0.05, 0.1) is 15.4 Å². The largest absolute Gasteiger partial charge is 0.507 e. The molecule has 8 nitrogen and oxygen atoms in total. The Bertz CT molecular complexity index is 1010. The number of aromatic hydroxyl groups is 1.